The first kappa shape index (κ1) is 16.2. The number of carbonyl (C=O) groups excluding carboxylic acids is 1. The maximum absolute atomic E-state index is 12.5. The summed E-state index contributed by atoms with van der Waals surface area (Å²) in [6.45, 7) is 1.97. The molecule has 0 heterocycles. The number of rotatable bonds is 4. The van der Waals surface area contributed by atoms with Crippen LogP contribution in [0.2, 0.25) is 0 Å². The molecule has 0 spiro atoms. The zero-order valence-electron chi connectivity index (χ0n) is 15.4. The molecule has 3 heteroatoms. The van der Waals surface area contributed by atoms with Crippen molar-refractivity contribution in [2.24, 2.45) is 11.0 Å². The van der Waals surface area contributed by atoms with E-state index in [1.165, 1.54) is 27.5 Å². The fraction of sp³-hybridized carbons (Fsp3) is 0.250. The summed E-state index contributed by atoms with van der Waals surface area (Å²) < 4.78 is 0. The summed E-state index contributed by atoms with van der Waals surface area (Å²) >= 11 is 0. The van der Waals surface area contributed by atoms with Crippen molar-refractivity contribution in [3.8, 4) is 0 Å². The number of aryl methyl sites for hydroxylation is 2. The number of hydrogen-bond acceptors (Lipinski definition) is 2. The molecular formula is C24H22N2O. The van der Waals surface area contributed by atoms with Crippen LogP contribution in [0.3, 0.4) is 0 Å². The molecule has 1 amide bonds. The van der Waals surface area contributed by atoms with E-state index in [2.05, 4.69) is 53.0 Å². The number of hydrazone groups is 1. The average molecular weight is 354 g/mol. The van der Waals surface area contributed by atoms with Crippen LogP contribution >= 0.6 is 0 Å². The molecule has 0 aliphatic heterocycles. The van der Waals surface area contributed by atoms with Gasteiger partial charge in [0, 0.05) is 11.5 Å². The van der Waals surface area contributed by atoms with E-state index in [0.29, 0.717) is 5.92 Å². The number of amides is 1. The summed E-state index contributed by atoms with van der Waals surface area (Å²) in [5, 5.41) is 7.05. The highest BCUT2D eigenvalue weighted by Crippen LogP contribution is 2.47. The molecule has 134 valence electrons. The van der Waals surface area contributed by atoms with Crippen LogP contribution in [0.25, 0.3) is 10.8 Å². The third kappa shape index (κ3) is 2.84. The average Bonchev–Trinajstić information content (AvgIpc) is 3.41. The second-order valence-electron chi connectivity index (χ2n) is 7.64. The summed E-state index contributed by atoms with van der Waals surface area (Å²) in [5.74, 6) is 0.393. The third-order valence-corrected chi connectivity index (χ3v) is 5.96. The van der Waals surface area contributed by atoms with Crippen molar-refractivity contribution >= 4 is 22.4 Å². The number of nitrogens with zero attached hydrogens (tertiary/aromatic N) is 1. The standard InChI is InChI=1S/C24H22N2O/c1-15(19-13-12-18-11-10-17-8-5-9-20(19)23(17)18)25-26-24(27)22-14-21(22)16-6-3-2-4-7-16/h2-9,12-13,21-22H,10-11,14H2,1H3,(H,26,27)/t21-,22-/m1/s1. The van der Waals surface area contributed by atoms with Crippen molar-refractivity contribution in [3.63, 3.8) is 0 Å². The predicted octanol–water partition coefficient (Wildman–Crippen LogP) is 4.58. The Morgan fingerprint density at radius 2 is 1.74 bits per heavy atom. The first-order valence-corrected chi connectivity index (χ1v) is 9.65. The van der Waals surface area contributed by atoms with Crippen LogP contribution in [-0.2, 0) is 17.6 Å². The van der Waals surface area contributed by atoms with E-state index >= 15 is 0 Å². The normalized spacial score (nSPS) is 20.7. The molecule has 2 aliphatic rings. The Kier molecular flexibility index (Phi) is 3.82. The van der Waals surface area contributed by atoms with Crippen molar-refractivity contribution in [2.75, 3.05) is 0 Å². The Hall–Kier alpha value is -2.94. The molecule has 0 unspecified atom stereocenters. The van der Waals surface area contributed by atoms with Crippen molar-refractivity contribution in [2.45, 2.75) is 32.1 Å². The molecular weight excluding hydrogens is 332 g/mol. The molecule has 2 atom stereocenters. The van der Waals surface area contributed by atoms with Crippen LogP contribution in [-0.4, -0.2) is 11.6 Å². The third-order valence-electron chi connectivity index (χ3n) is 5.96. The lowest BCUT2D eigenvalue weighted by Gasteiger charge is -2.09. The van der Waals surface area contributed by atoms with E-state index in [4.69, 9.17) is 0 Å². The summed E-state index contributed by atoms with van der Waals surface area (Å²) in [7, 11) is 0. The molecule has 27 heavy (non-hydrogen) atoms. The first-order chi connectivity index (χ1) is 13.2. The SMILES string of the molecule is CC(=NNC(=O)[C@@H]1C[C@@H]1c1ccccc1)c1ccc2c3c(cccc13)CC2. The zero-order chi connectivity index (χ0) is 18.4. The van der Waals surface area contributed by atoms with Crippen LogP contribution in [0, 0.1) is 5.92 Å². The predicted molar refractivity (Wildman–Crippen MR) is 109 cm³/mol. The smallest absolute Gasteiger partial charge is 0.243 e. The molecule has 3 aromatic carbocycles. The van der Waals surface area contributed by atoms with Gasteiger partial charge in [-0.3, -0.25) is 4.79 Å². The second-order valence-corrected chi connectivity index (χ2v) is 7.64. The van der Waals surface area contributed by atoms with E-state index in [1.54, 1.807) is 0 Å². The minimum atomic E-state index is 0.0223. The second kappa shape index (κ2) is 6.34. The van der Waals surface area contributed by atoms with E-state index < -0.39 is 0 Å². The number of nitrogens with one attached hydrogen (secondary N) is 1. The summed E-state index contributed by atoms with van der Waals surface area (Å²) in [5.41, 5.74) is 8.85. The van der Waals surface area contributed by atoms with Crippen molar-refractivity contribution in [3.05, 3.63) is 82.9 Å². The van der Waals surface area contributed by atoms with Crippen molar-refractivity contribution in [1.29, 1.82) is 0 Å². The summed E-state index contributed by atoms with van der Waals surface area (Å²) in [4.78, 5) is 12.5. The summed E-state index contributed by atoms with van der Waals surface area (Å²) in [6.07, 6.45) is 3.14. The number of hydrogen-bond donors (Lipinski definition) is 1. The van der Waals surface area contributed by atoms with Gasteiger partial charge in [-0.1, -0.05) is 60.7 Å². The van der Waals surface area contributed by atoms with Gasteiger partial charge in [0.25, 0.3) is 0 Å². The molecule has 3 nitrogen and oxygen atoms in total. The molecule has 0 radical (unpaired) electrons. The molecule has 3 aromatic rings. The van der Waals surface area contributed by atoms with Gasteiger partial charge in [0.05, 0.1) is 5.71 Å². The van der Waals surface area contributed by atoms with Gasteiger partial charge in [-0.15, -0.1) is 0 Å². The Morgan fingerprint density at radius 3 is 2.56 bits per heavy atom. The van der Waals surface area contributed by atoms with E-state index in [9.17, 15) is 4.79 Å². The van der Waals surface area contributed by atoms with Crippen LogP contribution in [0.5, 0.6) is 0 Å². The Bertz CT molecular complexity index is 1060. The molecule has 2 aliphatic carbocycles. The largest absolute Gasteiger partial charge is 0.273 e. The fourth-order valence-corrected chi connectivity index (χ4v) is 4.40. The zero-order valence-corrected chi connectivity index (χ0v) is 15.4. The van der Waals surface area contributed by atoms with Crippen LogP contribution in [0.15, 0.2) is 65.8 Å². The van der Waals surface area contributed by atoms with Crippen LogP contribution in [0.1, 0.15) is 41.5 Å². The first-order valence-electron chi connectivity index (χ1n) is 9.65. The Morgan fingerprint density at radius 1 is 0.963 bits per heavy atom. The van der Waals surface area contributed by atoms with Crippen molar-refractivity contribution < 1.29 is 4.79 Å². The lowest BCUT2D eigenvalue weighted by molar-refractivity contribution is -0.122. The minimum absolute atomic E-state index is 0.0223. The van der Waals surface area contributed by atoms with Gasteiger partial charge in [0.1, 0.15) is 0 Å². The highest BCUT2D eigenvalue weighted by Gasteiger charge is 2.43. The molecule has 0 saturated heterocycles. The monoisotopic (exact) mass is 354 g/mol. The van der Waals surface area contributed by atoms with Gasteiger partial charge in [0.15, 0.2) is 0 Å². The van der Waals surface area contributed by atoms with Gasteiger partial charge < -0.3 is 0 Å². The highest BCUT2D eigenvalue weighted by molar-refractivity contribution is 6.11. The molecule has 5 rings (SSSR count). The molecule has 0 bridgehead atoms. The van der Waals surface area contributed by atoms with Crippen molar-refractivity contribution in [1.82, 2.24) is 5.43 Å². The quantitative estimate of drug-likeness (QED) is 0.541. The van der Waals surface area contributed by atoms with Crippen LogP contribution in [0.4, 0.5) is 0 Å². The molecule has 1 N–H and O–H groups in total. The van der Waals surface area contributed by atoms with Crippen LogP contribution < -0.4 is 5.43 Å². The van der Waals surface area contributed by atoms with Gasteiger partial charge >= 0.3 is 0 Å². The van der Waals surface area contributed by atoms with Gasteiger partial charge in [-0.25, -0.2) is 5.43 Å². The minimum Gasteiger partial charge on any atom is -0.273 e. The molecule has 0 aromatic heterocycles. The Balaban J connectivity index is 1.35. The fourth-order valence-electron chi connectivity index (χ4n) is 4.40. The number of carbonyl (C=O) groups is 1. The number of benzene rings is 3. The highest BCUT2D eigenvalue weighted by atomic mass is 16.2. The molecule has 1 saturated carbocycles. The van der Waals surface area contributed by atoms with Gasteiger partial charge in [-0.05, 0) is 59.6 Å². The van der Waals surface area contributed by atoms with Gasteiger partial charge in [-0.2, -0.15) is 5.10 Å². The summed E-state index contributed by atoms with van der Waals surface area (Å²) in [6, 6.07) is 21.1. The lowest BCUT2D eigenvalue weighted by Crippen LogP contribution is -2.21. The molecule has 1 fully saturated rings. The Labute approximate surface area is 159 Å². The van der Waals surface area contributed by atoms with E-state index in [1.807, 2.05) is 25.1 Å². The lowest BCUT2D eigenvalue weighted by atomic mass is 9.98. The maximum Gasteiger partial charge on any atom is 0.243 e. The van der Waals surface area contributed by atoms with E-state index in [-0.39, 0.29) is 11.8 Å². The maximum atomic E-state index is 12.5. The van der Waals surface area contributed by atoms with Gasteiger partial charge in [0.2, 0.25) is 5.91 Å². The van der Waals surface area contributed by atoms with E-state index in [0.717, 1.165) is 30.5 Å². The topological polar surface area (TPSA) is 41.5 Å².